The first-order valence-electron chi connectivity index (χ1n) is 6.44. The van der Waals surface area contributed by atoms with Crippen LogP contribution in [0.5, 0.6) is 0 Å². The van der Waals surface area contributed by atoms with Crippen LogP contribution in [0.4, 0.5) is 4.39 Å². The van der Waals surface area contributed by atoms with Crippen LogP contribution in [0.15, 0.2) is 18.2 Å². The molecule has 98 valence electrons. The summed E-state index contributed by atoms with van der Waals surface area (Å²) in [6.07, 6.45) is 3.38. The van der Waals surface area contributed by atoms with E-state index in [1.807, 2.05) is 17.6 Å². The third kappa shape index (κ3) is 2.51. The number of para-hydroxylation sites is 1. The molecule has 1 aromatic heterocycles. The molecule has 0 radical (unpaired) electrons. The summed E-state index contributed by atoms with van der Waals surface area (Å²) in [5.41, 5.74) is 1.27. The first kappa shape index (κ1) is 13.3. The summed E-state index contributed by atoms with van der Waals surface area (Å²) < 4.78 is 15.8. The Labute approximate surface area is 112 Å². The van der Waals surface area contributed by atoms with Crippen molar-refractivity contribution in [1.82, 2.24) is 9.55 Å². The summed E-state index contributed by atoms with van der Waals surface area (Å²) in [5.74, 6) is 0.480. The van der Waals surface area contributed by atoms with Gasteiger partial charge in [0.15, 0.2) is 5.82 Å². The molecule has 2 rings (SSSR count). The topological polar surface area (TPSA) is 17.8 Å². The van der Waals surface area contributed by atoms with Crippen molar-refractivity contribution in [2.75, 3.05) is 0 Å². The van der Waals surface area contributed by atoms with Crippen molar-refractivity contribution in [3.05, 3.63) is 29.8 Å². The second kappa shape index (κ2) is 5.70. The fourth-order valence-electron chi connectivity index (χ4n) is 2.19. The Kier molecular flexibility index (Phi) is 4.23. The van der Waals surface area contributed by atoms with E-state index in [0.29, 0.717) is 5.52 Å². The first-order valence-corrected chi connectivity index (χ1v) is 6.87. The predicted octanol–water partition coefficient (Wildman–Crippen LogP) is 4.67. The zero-order valence-corrected chi connectivity index (χ0v) is 11.5. The molecule has 0 aliphatic carbocycles. The number of imidazole rings is 1. The number of aromatic nitrogens is 2. The van der Waals surface area contributed by atoms with Gasteiger partial charge in [0.25, 0.3) is 0 Å². The summed E-state index contributed by atoms with van der Waals surface area (Å²) in [6, 6.07) is 5.06. The Morgan fingerprint density at radius 1 is 1.39 bits per heavy atom. The maximum atomic E-state index is 13.7. The molecular weight excluding hydrogens is 251 g/mol. The molecule has 1 atom stereocenters. The molecule has 0 fully saturated rings. The summed E-state index contributed by atoms with van der Waals surface area (Å²) in [4.78, 5) is 4.35. The molecule has 4 heteroatoms. The number of aryl methyl sites for hydroxylation is 1. The van der Waals surface area contributed by atoms with Crippen molar-refractivity contribution in [2.45, 2.75) is 45.0 Å². The monoisotopic (exact) mass is 268 g/mol. The van der Waals surface area contributed by atoms with Gasteiger partial charge in [-0.1, -0.05) is 25.8 Å². The van der Waals surface area contributed by atoms with Gasteiger partial charge in [0, 0.05) is 6.54 Å². The molecule has 0 aliphatic rings. The Balaban J connectivity index is 2.46. The van der Waals surface area contributed by atoms with Crippen molar-refractivity contribution < 1.29 is 4.39 Å². The van der Waals surface area contributed by atoms with E-state index in [0.717, 1.165) is 37.1 Å². The van der Waals surface area contributed by atoms with Gasteiger partial charge in [-0.3, -0.25) is 0 Å². The summed E-state index contributed by atoms with van der Waals surface area (Å²) in [6.45, 7) is 4.88. The van der Waals surface area contributed by atoms with Crippen molar-refractivity contribution in [3.63, 3.8) is 0 Å². The lowest BCUT2D eigenvalue weighted by atomic mass is 10.2. The van der Waals surface area contributed by atoms with Crippen LogP contribution >= 0.6 is 11.6 Å². The maximum Gasteiger partial charge on any atom is 0.151 e. The smallest absolute Gasteiger partial charge is 0.151 e. The van der Waals surface area contributed by atoms with Crippen LogP contribution < -0.4 is 0 Å². The van der Waals surface area contributed by atoms with Crippen LogP contribution in [0.2, 0.25) is 0 Å². The number of hydrogen-bond acceptors (Lipinski definition) is 1. The Morgan fingerprint density at radius 2 is 2.17 bits per heavy atom. The van der Waals surface area contributed by atoms with Crippen molar-refractivity contribution >= 4 is 22.6 Å². The third-order valence-electron chi connectivity index (χ3n) is 3.10. The van der Waals surface area contributed by atoms with Gasteiger partial charge in [-0.05, 0) is 25.5 Å². The van der Waals surface area contributed by atoms with Gasteiger partial charge in [0.05, 0.1) is 10.9 Å². The van der Waals surface area contributed by atoms with E-state index < -0.39 is 0 Å². The van der Waals surface area contributed by atoms with E-state index >= 15 is 0 Å². The molecule has 1 unspecified atom stereocenters. The standard InChI is InChI=1S/C14H18ClFN2/c1-3-4-5-9-18-12-8-6-7-11(16)13(12)17-14(18)10(2)15/h6-8,10H,3-5,9H2,1-2H3. The normalized spacial score (nSPS) is 13.1. The van der Waals surface area contributed by atoms with Gasteiger partial charge in [0.2, 0.25) is 0 Å². The Morgan fingerprint density at radius 3 is 2.83 bits per heavy atom. The molecule has 0 amide bonds. The average Bonchev–Trinajstić information content (AvgIpc) is 2.70. The minimum Gasteiger partial charge on any atom is -0.327 e. The van der Waals surface area contributed by atoms with Gasteiger partial charge in [-0.2, -0.15) is 0 Å². The van der Waals surface area contributed by atoms with Gasteiger partial charge in [-0.25, -0.2) is 9.37 Å². The maximum absolute atomic E-state index is 13.7. The second-order valence-electron chi connectivity index (χ2n) is 4.55. The highest BCUT2D eigenvalue weighted by Crippen LogP contribution is 2.26. The highest BCUT2D eigenvalue weighted by atomic mass is 35.5. The summed E-state index contributed by atoms with van der Waals surface area (Å²) >= 11 is 6.14. The van der Waals surface area contributed by atoms with E-state index in [1.54, 1.807) is 6.07 Å². The molecule has 0 saturated carbocycles. The van der Waals surface area contributed by atoms with Gasteiger partial charge < -0.3 is 4.57 Å². The number of rotatable bonds is 5. The van der Waals surface area contributed by atoms with Crippen molar-refractivity contribution in [3.8, 4) is 0 Å². The fraction of sp³-hybridized carbons (Fsp3) is 0.500. The van der Waals surface area contributed by atoms with Crippen LogP contribution in [0.3, 0.4) is 0 Å². The summed E-state index contributed by atoms with van der Waals surface area (Å²) in [5, 5.41) is -0.210. The first-order chi connectivity index (χ1) is 8.65. The highest BCUT2D eigenvalue weighted by Gasteiger charge is 2.16. The molecule has 0 spiro atoms. The van der Waals surface area contributed by atoms with Crippen LogP contribution in [0, 0.1) is 5.82 Å². The molecule has 18 heavy (non-hydrogen) atoms. The van der Waals surface area contributed by atoms with E-state index in [1.165, 1.54) is 6.07 Å². The number of halogens is 2. The zero-order valence-electron chi connectivity index (χ0n) is 10.8. The van der Waals surface area contributed by atoms with Crippen LogP contribution in [-0.2, 0) is 6.54 Å². The number of nitrogens with zero attached hydrogens (tertiary/aromatic N) is 2. The second-order valence-corrected chi connectivity index (χ2v) is 5.21. The van der Waals surface area contributed by atoms with Crippen LogP contribution in [0.25, 0.3) is 11.0 Å². The van der Waals surface area contributed by atoms with Gasteiger partial charge >= 0.3 is 0 Å². The molecule has 0 saturated heterocycles. The van der Waals surface area contributed by atoms with E-state index in [9.17, 15) is 4.39 Å². The third-order valence-corrected chi connectivity index (χ3v) is 3.30. The summed E-state index contributed by atoms with van der Waals surface area (Å²) in [7, 11) is 0. The number of benzene rings is 1. The number of unbranched alkanes of at least 4 members (excludes halogenated alkanes) is 2. The SMILES string of the molecule is CCCCCn1c(C(C)Cl)nc2c(F)cccc21. The molecule has 2 nitrogen and oxygen atoms in total. The van der Waals surface area contributed by atoms with E-state index in [4.69, 9.17) is 11.6 Å². The van der Waals surface area contributed by atoms with Gasteiger partial charge in [-0.15, -0.1) is 11.6 Å². The van der Waals surface area contributed by atoms with Crippen molar-refractivity contribution in [1.29, 1.82) is 0 Å². The minimum absolute atomic E-state index is 0.210. The van der Waals surface area contributed by atoms with Crippen LogP contribution in [-0.4, -0.2) is 9.55 Å². The molecule has 0 bridgehead atoms. The van der Waals surface area contributed by atoms with E-state index in [2.05, 4.69) is 11.9 Å². The Bertz CT molecular complexity index is 534. The van der Waals surface area contributed by atoms with Crippen LogP contribution in [0.1, 0.15) is 44.3 Å². The quantitative estimate of drug-likeness (QED) is 0.569. The number of alkyl halides is 1. The van der Waals surface area contributed by atoms with Crippen molar-refractivity contribution in [2.24, 2.45) is 0 Å². The largest absolute Gasteiger partial charge is 0.327 e. The lowest BCUT2D eigenvalue weighted by Gasteiger charge is -2.09. The molecular formula is C14H18ClFN2. The van der Waals surface area contributed by atoms with Gasteiger partial charge in [0.1, 0.15) is 11.3 Å². The molecule has 0 N–H and O–H groups in total. The number of fused-ring (bicyclic) bond motifs is 1. The highest BCUT2D eigenvalue weighted by molar-refractivity contribution is 6.20. The lowest BCUT2D eigenvalue weighted by molar-refractivity contribution is 0.591. The number of hydrogen-bond donors (Lipinski definition) is 0. The predicted molar refractivity (Wildman–Crippen MR) is 73.5 cm³/mol. The Hall–Kier alpha value is -1.09. The zero-order chi connectivity index (χ0) is 13.1. The minimum atomic E-state index is -0.277. The average molecular weight is 269 g/mol. The molecule has 0 aliphatic heterocycles. The fourth-order valence-corrected chi connectivity index (χ4v) is 2.36. The molecule has 1 aromatic carbocycles. The van der Waals surface area contributed by atoms with E-state index in [-0.39, 0.29) is 11.2 Å². The molecule has 2 aromatic rings. The lowest BCUT2D eigenvalue weighted by Crippen LogP contribution is -2.04. The molecule has 1 heterocycles.